The van der Waals surface area contributed by atoms with Crippen LogP contribution in [0.15, 0.2) is 30.6 Å². The molecule has 5 rings (SSSR count). The fourth-order valence-electron chi connectivity index (χ4n) is 7.00. The molecule has 3 aliphatic carbocycles. The number of nitrogens with zero attached hydrogens (tertiary/aromatic N) is 1. The van der Waals surface area contributed by atoms with Gasteiger partial charge in [-0.3, -0.25) is 4.98 Å². The second kappa shape index (κ2) is 5.17. The molecule has 0 radical (unpaired) electrons. The number of rotatable bonds is 1. The van der Waals surface area contributed by atoms with E-state index in [9.17, 15) is 0 Å². The Labute approximate surface area is 145 Å². The second-order valence-corrected chi connectivity index (χ2v) is 9.12. The molecule has 128 valence electrons. The molecule has 0 spiro atoms. The van der Waals surface area contributed by atoms with E-state index in [-0.39, 0.29) is 0 Å². The summed E-state index contributed by atoms with van der Waals surface area (Å²) in [5.74, 6) is 2.58. The third-order valence-corrected chi connectivity index (χ3v) is 8.30. The number of hydrogen-bond donors (Lipinski definition) is 0. The van der Waals surface area contributed by atoms with Gasteiger partial charge in [-0.05, 0) is 84.3 Å². The van der Waals surface area contributed by atoms with Crippen LogP contribution in [0.25, 0.3) is 5.57 Å². The highest BCUT2D eigenvalue weighted by atomic mass is 16.5. The Morgan fingerprint density at radius 2 is 2.04 bits per heavy atom. The predicted octanol–water partition coefficient (Wildman–Crippen LogP) is 5.11. The molecule has 0 bridgehead atoms. The van der Waals surface area contributed by atoms with E-state index in [2.05, 4.69) is 43.2 Å². The Morgan fingerprint density at radius 1 is 1.12 bits per heavy atom. The van der Waals surface area contributed by atoms with Crippen LogP contribution in [-0.4, -0.2) is 17.7 Å². The number of fused-ring (bicyclic) bond motifs is 5. The molecule has 2 saturated carbocycles. The van der Waals surface area contributed by atoms with Crippen LogP contribution in [-0.2, 0) is 4.74 Å². The first kappa shape index (κ1) is 15.1. The van der Waals surface area contributed by atoms with Gasteiger partial charge in [-0.1, -0.05) is 26.0 Å². The molecule has 4 aliphatic rings. The predicted molar refractivity (Wildman–Crippen MR) is 96.3 cm³/mol. The van der Waals surface area contributed by atoms with Crippen molar-refractivity contribution in [2.75, 3.05) is 6.61 Å². The average molecular weight is 323 g/mol. The van der Waals surface area contributed by atoms with Gasteiger partial charge < -0.3 is 4.74 Å². The fourth-order valence-corrected chi connectivity index (χ4v) is 7.00. The molecule has 2 heterocycles. The molecular formula is C22H29NO. The van der Waals surface area contributed by atoms with Crippen molar-refractivity contribution < 1.29 is 4.74 Å². The number of allylic oxidation sites excluding steroid dienone is 2. The highest BCUT2D eigenvalue weighted by Gasteiger charge is 2.59. The van der Waals surface area contributed by atoms with Crippen LogP contribution >= 0.6 is 0 Å². The molecule has 0 aromatic carbocycles. The summed E-state index contributed by atoms with van der Waals surface area (Å²) < 4.78 is 6.11. The van der Waals surface area contributed by atoms with Crippen LogP contribution in [0.3, 0.4) is 0 Å². The molecule has 1 aromatic rings. The van der Waals surface area contributed by atoms with E-state index < -0.39 is 0 Å². The third-order valence-electron chi connectivity index (χ3n) is 8.30. The van der Waals surface area contributed by atoms with Gasteiger partial charge in [0.15, 0.2) is 0 Å². The van der Waals surface area contributed by atoms with Gasteiger partial charge in [0.05, 0.1) is 6.10 Å². The molecule has 1 aromatic heterocycles. The zero-order valence-electron chi connectivity index (χ0n) is 15.0. The molecule has 2 heteroatoms. The van der Waals surface area contributed by atoms with Crippen molar-refractivity contribution in [3.63, 3.8) is 0 Å². The second-order valence-electron chi connectivity index (χ2n) is 9.12. The van der Waals surface area contributed by atoms with Crippen molar-refractivity contribution in [2.24, 2.45) is 28.6 Å². The average Bonchev–Trinajstić information content (AvgIpc) is 3.15. The van der Waals surface area contributed by atoms with E-state index in [1.54, 1.807) is 5.57 Å². The standard InChI is InChI=1S/C22H29NO/c1-21-10-9-19-16(5-8-20-22(19,2)11-13-24-20)18(21)7-6-17(21)15-4-3-12-23-14-15/h3-4,6,12,14,16,18-20H,5,7-11,13H2,1-2H3/t16-,18-,19-,20?,21+,22+/m0/s1. The smallest absolute Gasteiger partial charge is 0.0632 e. The van der Waals surface area contributed by atoms with Crippen LogP contribution < -0.4 is 0 Å². The van der Waals surface area contributed by atoms with Gasteiger partial charge in [-0.15, -0.1) is 0 Å². The lowest BCUT2D eigenvalue weighted by atomic mass is 9.48. The molecule has 24 heavy (non-hydrogen) atoms. The minimum absolute atomic E-state index is 0.354. The fraction of sp³-hybridized carbons (Fsp3) is 0.682. The van der Waals surface area contributed by atoms with E-state index in [0.717, 1.165) is 24.4 Å². The van der Waals surface area contributed by atoms with Gasteiger partial charge >= 0.3 is 0 Å². The van der Waals surface area contributed by atoms with Crippen molar-refractivity contribution in [2.45, 2.75) is 58.5 Å². The van der Waals surface area contributed by atoms with Crippen molar-refractivity contribution >= 4 is 5.57 Å². The summed E-state index contributed by atoms with van der Waals surface area (Å²) in [6, 6.07) is 4.34. The molecule has 6 atom stereocenters. The van der Waals surface area contributed by atoms with Crippen LogP contribution in [0.4, 0.5) is 0 Å². The van der Waals surface area contributed by atoms with Crippen molar-refractivity contribution in [1.82, 2.24) is 4.98 Å². The van der Waals surface area contributed by atoms with Crippen LogP contribution in [0, 0.1) is 28.6 Å². The van der Waals surface area contributed by atoms with Crippen molar-refractivity contribution in [3.05, 3.63) is 36.2 Å². The largest absolute Gasteiger partial charge is 0.378 e. The molecule has 0 amide bonds. The van der Waals surface area contributed by atoms with Gasteiger partial charge in [-0.2, -0.15) is 0 Å². The summed E-state index contributed by atoms with van der Waals surface area (Å²) in [7, 11) is 0. The summed E-state index contributed by atoms with van der Waals surface area (Å²) in [4.78, 5) is 4.38. The van der Waals surface area contributed by atoms with Gasteiger partial charge in [0.1, 0.15) is 0 Å². The molecule has 0 N–H and O–H groups in total. The summed E-state index contributed by atoms with van der Waals surface area (Å²) >= 11 is 0. The lowest BCUT2D eigenvalue weighted by Crippen LogP contribution is -2.51. The maximum atomic E-state index is 6.11. The summed E-state index contributed by atoms with van der Waals surface area (Å²) in [5, 5.41) is 0. The number of ether oxygens (including phenoxy) is 1. The van der Waals surface area contributed by atoms with E-state index in [1.165, 1.54) is 44.1 Å². The van der Waals surface area contributed by atoms with E-state index in [0.29, 0.717) is 16.9 Å². The lowest BCUT2D eigenvalue weighted by molar-refractivity contribution is -0.0889. The van der Waals surface area contributed by atoms with Crippen LogP contribution in [0.2, 0.25) is 0 Å². The molecular weight excluding hydrogens is 294 g/mol. The van der Waals surface area contributed by atoms with Crippen LogP contribution in [0.1, 0.15) is 57.9 Å². The van der Waals surface area contributed by atoms with E-state index in [1.807, 2.05) is 6.20 Å². The quantitative estimate of drug-likeness (QED) is 0.717. The van der Waals surface area contributed by atoms with Gasteiger partial charge in [0.2, 0.25) is 0 Å². The van der Waals surface area contributed by atoms with Gasteiger partial charge in [0.25, 0.3) is 0 Å². The molecule has 1 saturated heterocycles. The van der Waals surface area contributed by atoms with Gasteiger partial charge in [-0.25, -0.2) is 0 Å². The highest BCUT2D eigenvalue weighted by molar-refractivity contribution is 5.72. The van der Waals surface area contributed by atoms with E-state index in [4.69, 9.17) is 4.74 Å². The van der Waals surface area contributed by atoms with E-state index >= 15 is 0 Å². The zero-order valence-corrected chi connectivity index (χ0v) is 15.0. The minimum atomic E-state index is 0.354. The molecule has 1 unspecified atom stereocenters. The Hall–Kier alpha value is -1.15. The summed E-state index contributed by atoms with van der Waals surface area (Å²) in [5.41, 5.74) is 3.73. The Kier molecular flexibility index (Phi) is 3.26. The molecule has 3 fully saturated rings. The third kappa shape index (κ3) is 1.89. The van der Waals surface area contributed by atoms with Crippen molar-refractivity contribution in [1.29, 1.82) is 0 Å². The normalized spacial score (nSPS) is 46.8. The maximum Gasteiger partial charge on any atom is 0.0632 e. The SMILES string of the molecule is C[C@]12CCOC1CC[C@@H]1[C@@H]2CC[C@]2(C)C(c3cccnc3)=CC[C@@H]12. The zero-order chi connectivity index (χ0) is 16.4. The molecule has 2 nitrogen and oxygen atoms in total. The number of pyridine rings is 1. The topological polar surface area (TPSA) is 22.1 Å². The monoisotopic (exact) mass is 323 g/mol. The summed E-state index contributed by atoms with van der Waals surface area (Å²) in [6.07, 6.45) is 15.0. The number of hydrogen-bond acceptors (Lipinski definition) is 2. The maximum absolute atomic E-state index is 6.11. The highest BCUT2D eigenvalue weighted by Crippen LogP contribution is 2.66. The molecule has 1 aliphatic heterocycles. The first-order valence-corrected chi connectivity index (χ1v) is 9.85. The lowest BCUT2D eigenvalue weighted by Gasteiger charge is -2.56. The van der Waals surface area contributed by atoms with Crippen molar-refractivity contribution in [3.8, 4) is 0 Å². The van der Waals surface area contributed by atoms with Gasteiger partial charge in [0, 0.05) is 19.0 Å². The Morgan fingerprint density at radius 3 is 2.88 bits per heavy atom. The Bertz CT molecular complexity index is 668. The Balaban J connectivity index is 1.48. The minimum Gasteiger partial charge on any atom is -0.378 e. The number of aromatic nitrogens is 1. The van der Waals surface area contributed by atoms with Crippen LogP contribution in [0.5, 0.6) is 0 Å². The first-order chi connectivity index (χ1) is 11.6. The summed E-state index contributed by atoms with van der Waals surface area (Å²) in [6.45, 7) is 6.07. The first-order valence-electron chi connectivity index (χ1n) is 9.85.